The Kier molecular flexibility index (Phi) is 8.25. The SMILES string of the molecule is COc1ccc(C(=O)N/N=C\c2ccc(CNC(=O)C(=O)Nc3cccc(Cl)c3)o2)cc1OC. The highest BCUT2D eigenvalue weighted by atomic mass is 35.5. The molecule has 0 saturated carbocycles. The van der Waals surface area contributed by atoms with Crippen molar-refractivity contribution < 1.29 is 28.3 Å². The second kappa shape index (κ2) is 11.5. The van der Waals surface area contributed by atoms with E-state index in [1.807, 2.05) is 0 Å². The first-order valence-corrected chi connectivity index (χ1v) is 10.3. The Balaban J connectivity index is 1.49. The van der Waals surface area contributed by atoms with Crippen molar-refractivity contribution in [1.82, 2.24) is 10.7 Å². The fraction of sp³-hybridized carbons (Fsp3) is 0.130. The van der Waals surface area contributed by atoms with Gasteiger partial charge in [-0.2, -0.15) is 5.10 Å². The monoisotopic (exact) mass is 484 g/mol. The number of ether oxygens (including phenoxy) is 2. The van der Waals surface area contributed by atoms with E-state index in [4.69, 9.17) is 25.5 Å². The highest BCUT2D eigenvalue weighted by molar-refractivity contribution is 6.39. The molecule has 11 heteroatoms. The maximum absolute atomic E-state index is 12.3. The predicted octanol–water partition coefficient (Wildman–Crippen LogP) is 2.97. The smallest absolute Gasteiger partial charge is 0.313 e. The molecule has 34 heavy (non-hydrogen) atoms. The molecule has 1 heterocycles. The highest BCUT2D eigenvalue weighted by Crippen LogP contribution is 2.27. The molecule has 0 fully saturated rings. The van der Waals surface area contributed by atoms with Crippen LogP contribution in [0.1, 0.15) is 21.9 Å². The van der Waals surface area contributed by atoms with Crippen LogP contribution in [0.5, 0.6) is 11.5 Å². The molecule has 0 unspecified atom stereocenters. The molecule has 0 aliphatic heterocycles. The van der Waals surface area contributed by atoms with Crippen LogP contribution in [0.25, 0.3) is 0 Å². The second-order valence-electron chi connectivity index (χ2n) is 6.72. The third kappa shape index (κ3) is 6.59. The van der Waals surface area contributed by atoms with Crippen LogP contribution >= 0.6 is 11.6 Å². The molecule has 0 aliphatic carbocycles. The van der Waals surface area contributed by atoms with Crippen LogP contribution in [0.2, 0.25) is 5.02 Å². The Hall–Kier alpha value is -4.31. The molecule has 1 aromatic heterocycles. The lowest BCUT2D eigenvalue weighted by Crippen LogP contribution is -2.34. The number of nitrogens with one attached hydrogen (secondary N) is 3. The average molecular weight is 485 g/mol. The average Bonchev–Trinajstić information content (AvgIpc) is 3.29. The fourth-order valence-electron chi connectivity index (χ4n) is 2.76. The van der Waals surface area contributed by atoms with Crippen LogP contribution in [0.4, 0.5) is 5.69 Å². The number of benzene rings is 2. The van der Waals surface area contributed by atoms with Gasteiger partial charge in [0.15, 0.2) is 11.5 Å². The lowest BCUT2D eigenvalue weighted by molar-refractivity contribution is -0.136. The zero-order valence-electron chi connectivity index (χ0n) is 18.3. The summed E-state index contributed by atoms with van der Waals surface area (Å²) in [5, 5.41) is 9.18. The number of amides is 3. The van der Waals surface area contributed by atoms with Crippen molar-refractivity contribution in [2.45, 2.75) is 6.54 Å². The number of nitrogens with zero attached hydrogens (tertiary/aromatic N) is 1. The number of furan rings is 1. The van der Waals surface area contributed by atoms with Crippen molar-refractivity contribution in [3.8, 4) is 11.5 Å². The van der Waals surface area contributed by atoms with Gasteiger partial charge in [-0.05, 0) is 48.5 Å². The van der Waals surface area contributed by atoms with Crippen LogP contribution in [0.15, 0.2) is 64.1 Å². The number of hydrogen-bond donors (Lipinski definition) is 3. The zero-order chi connectivity index (χ0) is 24.5. The zero-order valence-corrected chi connectivity index (χ0v) is 19.0. The van der Waals surface area contributed by atoms with Gasteiger partial charge < -0.3 is 24.5 Å². The molecular formula is C23H21ClN4O6. The van der Waals surface area contributed by atoms with Crippen molar-refractivity contribution in [1.29, 1.82) is 0 Å². The molecule has 3 N–H and O–H groups in total. The van der Waals surface area contributed by atoms with Gasteiger partial charge in [-0.25, -0.2) is 5.43 Å². The molecule has 10 nitrogen and oxygen atoms in total. The topological polar surface area (TPSA) is 131 Å². The number of rotatable bonds is 8. The molecular weight excluding hydrogens is 464 g/mol. The van der Waals surface area contributed by atoms with Crippen molar-refractivity contribution >= 4 is 41.2 Å². The summed E-state index contributed by atoms with van der Waals surface area (Å²) >= 11 is 5.85. The maximum Gasteiger partial charge on any atom is 0.313 e. The Labute approximate surface area is 199 Å². The van der Waals surface area contributed by atoms with Crippen molar-refractivity contribution in [2.75, 3.05) is 19.5 Å². The first kappa shape index (κ1) is 24.3. The third-order valence-corrected chi connectivity index (χ3v) is 4.63. The summed E-state index contributed by atoms with van der Waals surface area (Å²) in [6.07, 6.45) is 1.30. The van der Waals surface area contributed by atoms with E-state index in [0.29, 0.717) is 39.3 Å². The number of anilines is 1. The molecule has 0 spiro atoms. The minimum Gasteiger partial charge on any atom is -0.493 e. The lowest BCUT2D eigenvalue weighted by atomic mass is 10.2. The molecule has 0 saturated heterocycles. The number of carbonyl (C=O) groups excluding carboxylic acids is 3. The van der Waals surface area contributed by atoms with Crippen LogP contribution in [-0.4, -0.2) is 38.2 Å². The first-order valence-electron chi connectivity index (χ1n) is 9.88. The minimum absolute atomic E-state index is 0.0202. The number of carbonyl (C=O) groups is 3. The van der Waals surface area contributed by atoms with E-state index in [1.54, 1.807) is 42.5 Å². The van der Waals surface area contributed by atoms with Gasteiger partial charge in [0.05, 0.1) is 27.0 Å². The summed E-state index contributed by atoms with van der Waals surface area (Å²) in [5.41, 5.74) is 3.11. The van der Waals surface area contributed by atoms with Crippen LogP contribution in [-0.2, 0) is 16.1 Å². The van der Waals surface area contributed by atoms with Gasteiger partial charge in [0.1, 0.15) is 11.5 Å². The summed E-state index contributed by atoms with van der Waals surface area (Å²) in [5.74, 6) is -0.501. The molecule has 0 atom stereocenters. The normalized spacial score (nSPS) is 10.6. The van der Waals surface area contributed by atoms with Crippen molar-refractivity contribution in [3.63, 3.8) is 0 Å². The second-order valence-corrected chi connectivity index (χ2v) is 7.16. The number of hydrogen-bond acceptors (Lipinski definition) is 7. The maximum atomic E-state index is 12.3. The largest absolute Gasteiger partial charge is 0.493 e. The molecule has 0 bridgehead atoms. The van der Waals surface area contributed by atoms with Gasteiger partial charge in [-0.15, -0.1) is 0 Å². The summed E-state index contributed by atoms with van der Waals surface area (Å²) in [6, 6.07) is 14.3. The molecule has 176 valence electrons. The molecule has 0 radical (unpaired) electrons. The summed E-state index contributed by atoms with van der Waals surface area (Å²) in [7, 11) is 2.97. The highest BCUT2D eigenvalue weighted by Gasteiger charge is 2.14. The van der Waals surface area contributed by atoms with E-state index in [0.717, 1.165) is 0 Å². The van der Waals surface area contributed by atoms with E-state index in [2.05, 4.69) is 21.2 Å². The van der Waals surface area contributed by atoms with Crippen molar-refractivity contribution in [2.24, 2.45) is 5.10 Å². The van der Waals surface area contributed by atoms with Crippen molar-refractivity contribution in [3.05, 3.63) is 76.7 Å². The van der Waals surface area contributed by atoms with Gasteiger partial charge in [-0.1, -0.05) is 17.7 Å². The van der Waals surface area contributed by atoms with Gasteiger partial charge in [0, 0.05) is 16.3 Å². The van der Waals surface area contributed by atoms with Crippen LogP contribution in [0, 0.1) is 0 Å². The molecule has 3 amide bonds. The number of methoxy groups -OCH3 is 2. The molecule has 3 aromatic rings. The van der Waals surface area contributed by atoms with E-state index in [-0.39, 0.29) is 6.54 Å². The number of hydrazone groups is 1. The fourth-order valence-corrected chi connectivity index (χ4v) is 2.95. The Bertz CT molecular complexity index is 1220. The van der Waals surface area contributed by atoms with E-state index in [1.165, 1.54) is 32.6 Å². The minimum atomic E-state index is -0.839. The molecule has 2 aromatic carbocycles. The summed E-state index contributed by atoms with van der Waals surface area (Å²) < 4.78 is 15.8. The van der Waals surface area contributed by atoms with Crippen LogP contribution in [0.3, 0.4) is 0 Å². The van der Waals surface area contributed by atoms with Gasteiger partial charge in [-0.3, -0.25) is 14.4 Å². The summed E-state index contributed by atoms with van der Waals surface area (Å²) in [4.78, 5) is 36.2. The van der Waals surface area contributed by atoms with E-state index >= 15 is 0 Å². The van der Waals surface area contributed by atoms with E-state index in [9.17, 15) is 14.4 Å². The standard InChI is InChI=1S/C23H21ClN4O6/c1-32-19-9-6-14(10-20(19)33-2)21(29)28-26-13-18-8-7-17(34-18)12-25-22(30)23(31)27-16-5-3-4-15(24)11-16/h3-11,13H,12H2,1-2H3,(H,25,30)(H,27,31)(H,28,29)/b26-13-. The molecule has 0 aliphatic rings. The Morgan fingerprint density at radius 3 is 2.53 bits per heavy atom. The lowest BCUT2D eigenvalue weighted by Gasteiger charge is -2.08. The van der Waals surface area contributed by atoms with Gasteiger partial charge in [0.2, 0.25) is 0 Å². The summed E-state index contributed by atoms with van der Waals surface area (Å²) in [6.45, 7) is -0.0202. The predicted molar refractivity (Wildman–Crippen MR) is 125 cm³/mol. The van der Waals surface area contributed by atoms with Crippen LogP contribution < -0.4 is 25.5 Å². The van der Waals surface area contributed by atoms with Gasteiger partial charge >= 0.3 is 11.8 Å². The Morgan fingerprint density at radius 2 is 1.79 bits per heavy atom. The first-order chi connectivity index (χ1) is 16.4. The Morgan fingerprint density at radius 1 is 1.00 bits per heavy atom. The third-order valence-electron chi connectivity index (χ3n) is 4.40. The quantitative estimate of drug-likeness (QED) is 0.256. The van der Waals surface area contributed by atoms with Gasteiger partial charge in [0.25, 0.3) is 5.91 Å². The molecule has 3 rings (SSSR count). The number of halogens is 1. The van der Waals surface area contributed by atoms with E-state index < -0.39 is 17.7 Å².